The van der Waals surface area contributed by atoms with Gasteiger partial charge in [-0.3, -0.25) is 11.3 Å². The first kappa shape index (κ1) is 12.7. The number of hydrogen-bond acceptors (Lipinski definition) is 2. The van der Waals surface area contributed by atoms with E-state index in [2.05, 4.69) is 17.6 Å². The molecular weight excluding hydrogens is 227 g/mol. The summed E-state index contributed by atoms with van der Waals surface area (Å²) >= 11 is 0. The zero-order valence-electron chi connectivity index (χ0n) is 10.1. The summed E-state index contributed by atoms with van der Waals surface area (Å²) < 4.78 is 13.2. The molecule has 0 aromatic heterocycles. The summed E-state index contributed by atoms with van der Waals surface area (Å²) in [5.74, 6) is 5.32. The molecule has 2 nitrogen and oxygen atoms in total. The maximum absolute atomic E-state index is 13.2. The average Bonchev–Trinajstić information content (AvgIpc) is 2.41. The molecule has 0 heterocycles. The lowest BCUT2D eigenvalue weighted by Gasteiger charge is -2.16. The van der Waals surface area contributed by atoms with Crippen molar-refractivity contribution >= 4 is 0 Å². The predicted molar refractivity (Wildman–Crippen MR) is 71.2 cm³/mol. The SMILES string of the molecule is NNC(CCc1ccccc1)c1cccc(F)c1. The maximum Gasteiger partial charge on any atom is 0.123 e. The third-order valence-electron chi connectivity index (χ3n) is 3.02. The minimum absolute atomic E-state index is 0.0269. The molecule has 2 aromatic carbocycles. The number of hydrogen-bond donors (Lipinski definition) is 2. The van der Waals surface area contributed by atoms with Crippen LogP contribution in [0.5, 0.6) is 0 Å². The van der Waals surface area contributed by atoms with Crippen LogP contribution >= 0.6 is 0 Å². The zero-order valence-corrected chi connectivity index (χ0v) is 10.1. The molecule has 1 unspecified atom stereocenters. The molecule has 0 fully saturated rings. The van der Waals surface area contributed by atoms with Crippen LogP contribution < -0.4 is 11.3 Å². The van der Waals surface area contributed by atoms with Crippen LogP contribution in [-0.2, 0) is 6.42 Å². The van der Waals surface area contributed by atoms with Crippen LogP contribution in [0.4, 0.5) is 4.39 Å². The van der Waals surface area contributed by atoms with Crippen LogP contribution in [0.1, 0.15) is 23.6 Å². The fourth-order valence-electron chi connectivity index (χ4n) is 2.03. The van der Waals surface area contributed by atoms with E-state index in [-0.39, 0.29) is 11.9 Å². The van der Waals surface area contributed by atoms with Crippen LogP contribution in [0.15, 0.2) is 54.6 Å². The van der Waals surface area contributed by atoms with Crippen LogP contribution in [0, 0.1) is 5.82 Å². The van der Waals surface area contributed by atoms with E-state index in [1.54, 1.807) is 6.07 Å². The number of rotatable bonds is 5. The fraction of sp³-hybridized carbons (Fsp3) is 0.200. The van der Waals surface area contributed by atoms with Gasteiger partial charge >= 0.3 is 0 Å². The molecule has 18 heavy (non-hydrogen) atoms. The third kappa shape index (κ3) is 3.39. The van der Waals surface area contributed by atoms with Gasteiger partial charge in [0.05, 0.1) is 0 Å². The molecule has 0 aliphatic heterocycles. The predicted octanol–water partition coefficient (Wildman–Crippen LogP) is 2.96. The van der Waals surface area contributed by atoms with E-state index in [9.17, 15) is 4.39 Å². The zero-order chi connectivity index (χ0) is 12.8. The van der Waals surface area contributed by atoms with Gasteiger partial charge < -0.3 is 0 Å². The van der Waals surface area contributed by atoms with Gasteiger partial charge in [-0.15, -0.1) is 0 Å². The topological polar surface area (TPSA) is 38.0 Å². The van der Waals surface area contributed by atoms with Gasteiger partial charge in [0.25, 0.3) is 0 Å². The van der Waals surface area contributed by atoms with Gasteiger partial charge in [0.15, 0.2) is 0 Å². The van der Waals surface area contributed by atoms with E-state index in [0.29, 0.717) is 0 Å². The molecule has 94 valence electrons. The minimum atomic E-state index is -0.229. The number of nitrogens with one attached hydrogen (secondary N) is 1. The maximum atomic E-state index is 13.2. The second-order valence-corrected chi connectivity index (χ2v) is 4.30. The normalized spacial score (nSPS) is 12.3. The van der Waals surface area contributed by atoms with Crippen molar-refractivity contribution in [2.75, 3.05) is 0 Å². The highest BCUT2D eigenvalue weighted by molar-refractivity contribution is 5.21. The number of nitrogens with two attached hydrogens (primary N) is 1. The second-order valence-electron chi connectivity index (χ2n) is 4.30. The van der Waals surface area contributed by atoms with Gasteiger partial charge in [0, 0.05) is 6.04 Å². The molecule has 0 saturated heterocycles. The molecular formula is C15H17FN2. The smallest absolute Gasteiger partial charge is 0.123 e. The highest BCUT2D eigenvalue weighted by Gasteiger charge is 2.10. The lowest BCUT2D eigenvalue weighted by molar-refractivity contribution is 0.512. The molecule has 3 N–H and O–H groups in total. The van der Waals surface area contributed by atoms with Crippen LogP contribution in [-0.4, -0.2) is 0 Å². The van der Waals surface area contributed by atoms with Crippen LogP contribution in [0.25, 0.3) is 0 Å². The van der Waals surface area contributed by atoms with E-state index in [1.165, 1.54) is 17.7 Å². The number of aryl methyl sites for hydroxylation is 1. The first-order chi connectivity index (χ1) is 8.79. The lowest BCUT2D eigenvalue weighted by Crippen LogP contribution is -2.28. The molecule has 2 rings (SSSR count). The molecule has 0 saturated carbocycles. The van der Waals surface area contributed by atoms with E-state index in [0.717, 1.165) is 18.4 Å². The highest BCUT2D eigenvalue weighted by Crippen LogP contribution is 2.19. The number of hydrazine groups is 1. The number of halogens is 1. The number of benzene rings is 2. The van der Waals surface area contributed by atoms with Gasteiger partial charge in [-0.25, -0.2) is 4.39 Å². The summed E-state index contributed by atoms with van der Waals surface area (Å²) in [4.78, 5) is 0. The first-order valence-corrected chi connectivity index (χ1v) is 6.05. The van der Waals surface area contributed by atoms with Crippen molar-refractivity contribution in [1.82, 2.24) is 5.43 Å². The summed E-state index contributed by atoms with van der Waals surface area (Å²) in [5.41, 5.74) is 4.89. The molecule has 1 atom stereocenters. The quantitative estimate of drug-likeness (QED) is 0.627. The Bertz CT molecular complexity index is 485. The Morgan fingerprint density at radius 2 is 1.83 bits per heavy atom. The van der Waals surface area contributed by atoms with Crippen LogP contribution in [0.2, 0.25) is 0 Å². The van der Waals surface area contributed by atoms with Crippen molar-refractivity contribution in [1.29, 1.82) is 0 Å². The largest absolute Gasteiger partial charge is 0.271 e. The van der Waals surface area contributed by atoms with Gasteiger partial charge in [-0.05, 0) is 36.1 Å². The van der Waals surface area contributed by atoms with Crippen molar-refractivity contribution in [3.05, 3.63) is 71.5 Å². The van der Waals surface area contributed by atoms with Crippen molar-refractivity contribution < 1.29 is 4.39 Å². The average molecular weight is 244 g/mol. The molecule has 0 aliphatic rings. The lowest BCUT2D eigenvalue weighted by atomic mass is 9.99. The molecule has 2 aromatic rings. The third-order valence-corrected chi connectivity index (χ3v) is 3.02. The van der Waals surface area contributed by atoms with Gasteiger partial charge in [0.1, 0.15) is 5.82 Å². The monoisotopic (exact) mass is 244 g/mol. The highest BCUT2D eigenvalue weighted by atomic mass is 19.1. The van der Waals surface area contributed by atoms with E-state index in [1.807, 2.05) is 24.3 Å². The Balaban J connectivity index is 2.02. The molecule has 0 aliphatic carbocycles. The molecule has 0 amide bonds. The summed E-state index contributed by atoms with van der Waals surface area (Å²) in [6.07, 6.45) is 1.75. The Labute approximate surface area is 107 Å². The molecule has 0 radical (unpaired) electrons. The van der Waals surface area contributed by atoms with E-state index >= 15 is 0 Å². The second kappa shape index (κ2) is 6.28. The van der Waals surface area contributed by atoms with E-state index < -0.39 is 0 Å². The van der Waals surface area contributed by atoms with Gasteiger partial charge in [-0.2, -0.15) is 0 Å². The Kier molecular flexibility index (Phi) is 4.45. The summed E-state index contributed by atoms with van der Waals surface area (Å²) in [7, 11) is 0. The fourth-order valence-corrected chi connectivity index (χ4v) is 2.03. The van der Waals surface area contributed by atoms with Crippen molar-refractivity contribution in [2.24, 2.45) is 5.84 Å². The van der Waals surface area contributed by atoms with Crippen molar-refractivity contribution in [3.63, 3.8) is 0 Å². The van der Waals surface area contributed by atoms with Gasteiger partial charge in [-0.1, -0.05) is 42.5 Å². The van der Waals surface area contributed by atoms with Crippen LogP contribution in [0.3, 0.4) is 0 Å². The van der Waals surface area contributed by atoms with Crippen molar-refractivity contribution in [2.45, 2.75) is 18.9 Å². The van der Waals surface area contributed by atoms with Gasteiger partial charge in [0.2, 0.25) is 0 Å². The summed E-state index contributed by atoms with van der Waals surface area (Å²) in [5, 5.41) is 0. The summed E-state index contributed by atoms with van der Waals surface area (Å²) in [6, 6.07) is 16.7. The Hall–Kier alpha value is -1.71. The Morgan fingerprint density at radius 3 is 2.50 bits per heavy atom. The summed E-state index contributed by atoms with van der Waals surface area (Å²) in [6.45, 7) is 0. The van der Waals surface area contributed by atoms with E-state index in [4.69, 9.17) is 5.84 Å². The molecule has 0 spiro atoms. The van der Waals surface area contributed by atoms with Crippen molar-refractivity contribution in [3.8, 4) is 0 Å². The standard InChI is InChI=1S/C15H17FN2/c16-14-8-4-7-13(11-14)15(18-17)10-9-12-5-2-1-3-6-12/h1-8,11,15,18H,9-10,17H2. The molecule has 3 heteroatoms. The molecule has 0 bridgehead atoms. The minimum Gasteiger partial charge on any atom is -0.271 e. The Morgan fingerprint density at radius 1 is 1.06 bits per heavy atom. The first-order valence-electron chi connectivity index (χ1n) is 6.05.